The van der Waals surface area contributed by atoms with Gasteiger partial charge in [-0.25, -0.2) is 4.79 Å². The zero-order chi connectivity index (χ0) is 21.2. The molecule has 1 N–H and O–H groups in total. The van der Waals surface area contributed by atoms with E-state index < -0.39 is 11.9 Å². The van der Waals surface area contributed by atoms with Gasteiger partial charge in [0, 0.05) is 6.54 Å². The molecule has 0 aliphatic heterocycles. The number of aryl methyl sites for hydroxylation is 1. The lowest BCUT2D eigenvalue weighted by atomic mass is 10.1. The van der Waals surface area contributed by atoms with Gasteiger partial charge in [-0.15, -0.1) is 0 Å². The second kappa shape index (κ2) is 11.2. The van der Waals surface area contributed by atoms with Crippen LogP contribution in [-0.4, -0.2) is 45.9 Å². The Balaban J connectivity index is 1.69. The first-order chi connectivity index (χ1) is 13.9. The van der Waals surface area contributed by atoms with Crippen molar-refractivity contribution in [3.63, 3.8) is 0 Å². The van der Waals surface area contributed by atoms with Gasteiger partial charge in [-0.2, -0.15) is 0 Å². The van der Waals surface area contributed by atoms with Gasteiger partial charge < -0.3 is 24.3 Å². The summed E-state index contributed by atoms with van der Waals surface area (Å²) in [6, 6.07) is 10.8. The number of methoxy groups -OCH3 is 2. The van der Waals surface area contributed by atoms with Gasteiger partial charge in [0.05, 0.1) is 19.2 Å². The molecule has 2 rings (SSSR count). The number of esters is 1. The smallest absolute Gasteiger partial charge is 0.344 e. The van der Waals surface area contributed by atoms with Gasteiger partial charge in [0.2, 0.25) is 0 Å². The van der Waals surface area contributed by atoms with Crippen molar-refractivity contribution in [2.24, 2.45) is 0 Å². The van der Waals surface area contributed by atoms with Crippen LogP contribution < -0.4 is 19.5 Å². The summed E-state index contributed by atoms with van der Waals surface area (Å²) in [6.45, 7) is 1.56. The number of halogens is 1. The fourth-order valence-corrected chi connectivity index (χ4v) is 2.65. The molecule has 0 heterocycles. The van der Waals surface area contributed by atoms with Crippen molar-refractivity contribution in [2.75, 3.05) is 34.0 Å². The monoisotopic (exact) mass is 421 g/mol. The summed E-state index contributed by atoms with van der Waals surface area (Å²) >= 11 is 5.99. The Hall–Kier alpha value is -2.93. The van der Waals surface area contributed by atoms with Crippen LogP contribution in [0.15, 0.2) is 36.4 Å². The molecule has 156 valence electrons. The summed E-state index contributed by atoms with van der Waals surface area (Å²) < 4.78 is 20.7. The minimum absolute atomic E-state index is 0.331. The van der Waals surface area contributed by atoms with Gasteiger partial charge in [0.15, 0.2) is 24.7 Å². The number of hydrogen-bond donors (Lipinski definition) is 1. The van der Waals surface area contributed by atoms with Gasteiger partial charge in [0.1, 0.15) is 5.75 Å². The van der Waals surface area contributed by atoms with Crippen LogP contribution in [-0.2, 0) is 20.7 Å². The Bertz CT molecular complexity index is 855. The number of carbonyl (C=O) groups is 2. The van der Waals surface area contributed by atoms with Crippen LogP contribution in [0.5, 0.6) is 17.2 Å². The van der Waals surface area contributed by atoms with Crippen molar-refractivity contribution in [3.05, 3.63) is 52.5 Å². The van der Waals surface area contributed by atoms with Gasteiger partial charge in [-0.1, -0.05) is 23.7 Å². The number of amides is 1. The van der Waals surface area contributed by atoms with Crippen molar-refractivity contribution in [1.29, 1.82) is 0 Å². The summed E-state index contributed by atoms with van der Waals surface area (Å²) in [5, 5.41) is 3.09. The number of ether oxygens (including phenoxy) is 4. The van der Waals surface area contributed by atoms with E-state index in [1.807, 2.05) is 25.1 Å². The van der Waals surface area contributed by atoms with Crippen LogP contribution in [0, 0.1) is 6.92 Å². The molecule has 0 fully saturated rings. The Morgan fingerprint density at radius 1 is 0.966 bits per heavy atom. The van der Waals surface area contributed by atoms with Crippen molar-refractivity contribution < 1.29 is 28.5 Å². The van der Waals surface area contributed by atoms with Gasteiger partial charge in [-0.05, 0) is 48.7 Å². The molecular formula is C21H24ClNO6. The summed E-state index contributed by atoms with van der Waals surface area (Å²) in [7, 11) is 3.13. The first-order valence-corrected chi connectivity index (χ1v) is 9.33. The van der Waals surface area contributed by atoms with Gasteiger partial charge >= 0.3 is 5.97 Å². The van der Waals surface area contributed by atoms with E-state index >= 15 is 0 Å². The Morgan fingerprint density at radius 2 is 1.72 bits per heavy atom. The zero-order valence-electron chi connectivity index (χ0n) is 16.6. The lowest BCUT2D eigenvalue weighted by Crippen LogP contribution is -2.31. The Kier molecular flexibility index (Phi) is 8.61. The normalized spacial score (nSPS) is 10.2. The quantitative estimate of drug-likeness (QED) is 0.594. The number of rotatable bonds is 10. The molecule has 0 atom stereocenters. The molecule has 0 saturated heterocycles. The molecule has 0 aliphatic carbocycles. The average molecular weight is 422 g/mol. The highest BCUT2D eigenvalue weighted by Crippen LogP contribution is 2.27. The van der Waals surface area contributed by atoms with E-state index in [1.54, 1.807) is 32.4 Å². The first kappa shape index (κ1) is 22.4. The number of nitrogens with one attached hydrogen (secondary N) is 1. The maximum absolute atomic E-state index is 11.8. The summed E-state index contributed by atoms with van der Waals surface area (Å²) in [4.78, 5) is 23.6. The van der Waals surface area contributed by atoms with Crippen molar-refractivity contribution in [2.45, 2.75) is 13.3 Å². The minimum atomic E-state index is -0.655. The summed E-state index contributed by atoms with van der Waals surface area (Å²) in [6.07, 6.45) is 0.592. The second-order valence-electron chi connectivity index (χ2n) is 6.17. The highest BCUT2D eigenvalue weighted by molar-refractivity contribution is 6.32. The molecule has 2 aromatic rings. The Labute approximate surface area is 174 Å². The van der Waals surface area contributed by atoms with E-state index in [0.29, 0.717) is 35.2 Å². The predicted molar refractivity (Wildman–Crippen MR) is 109 cm³/mol. The second-order valence-corrected chi connectivity index (χ2v) is 6.58. The van der Waals surface area contributed by atoms with Crippen molar-refractivity contribution in [3.8, 4) is 17.2 Å². The third-order valence-electron chi connectivity index (χ3n) is 3.98. The number of benzene rings is 2. The van der Waals surface area contributed by atoms with Gasteiger partial charge in [0.25, 0.3) is 5.91 Å². The fraction of sp³-hybridized carbons (Fsp3) is 0.333. The highest BCUT2D eigenvalue weighted by atomic mass is 35.5. The predicted octanol–water partition coefficient (Wildman–Crippen LogP) is 2.95. The van der Waals surface area contributed by atoms with E-state index in [1.165, 1.54) is 0 Å². The van der Waals surface area contributed by atoms with E-state index in [4.69, 9.17) is 30.5 Å². The summed E-state index contributed by atoms with van der Waals surface area (Å²) in [5.41, 5.74) is 1.93. The molecule has 0 aliphatic rings. The largest absolute Gasteiger partial charge is 0.493 e. The molecule has 0 saturated carbocycles. The van der Waals surface area contributed by atoms with Crippen LogP contribution >= 0.6 is 11.6 Å². The van der Waals surface area contributed by atoms with Crippen LogP contribution in [0.3, 0.4) is 0 Å². The van der Waals surface area contributed by atoms with E-state index in [2.05, 4.69) is 5.32 Å². The topological polar surface area (TPSA) is 83.1 Å². The summed E-state index contributed by atoms with van der Waals surface area (Å²) in [5.74, 6) is 0.605. The molecule has 0 unspecified atom stereocenters. The molecule has 0 spiro atoms. The van der Waals surface area contributed by atoms with Crippen LogP contribution in [0.1, 0.15) is 11.1 Å². The Morgan fingerprint density at radius 3 is 2.45 bits per heavy atom. The SMILES string of the molecule is COc1ccc(CCNC(=O)COC(=O)COc2cc(C)ccc2Cl)cc1OC. The zero-order valence-corrected chi connectivity index (χ0v) is 17.4. The molecule has 0 aromatic heterocycles. The van der Waals surface area contributed by atoms with Crippen molar-refractivity contribution in [1.82, 2.24) is 5.32 Å². The first-order valence-electron chi connectivity index (χ1n) is 8.95. The molecular weight excluding hydrogens is 398 g/mol. The molecule has 7 nitrogen and oxygen atoms in total. The lowest BCUT2D eigenvalue weighted by molar-refractivity contribution is -0.150. The van der Waals surface area contributed by atoms with Crippen LogP contribution in [0.2, 0.25) is 5.02 Å². The molecule has 0 bridgehead atoms. The van der Waals surface area contributed by atoms with Crippen LogP contribution in [0.25, 0.3) is 0 Å². The molecule has 0 radical (unpaired) electrons. The maximum atomic E-state index is 11.8. The molecule has 8 heteroatoms. The number of hydrogen-bond acceptors (Lipinski definition) is 6. The van der Waals surface area contributed by atoms with Gasteiger partial charge in [-0.3, -0.25) is 4.79 Å². The lowest BCUT2D eigenvalue weighted by Gasteiger charge is -2.11. The number of carbonyl (C=O) groups excluding carboxylic acids is 2. The fourth-order valence-electron chi connectivity index (χ4n) is 2.48. The van der Waals surface area contributed by atoms with Crippen LogP contribution in [0.4, 0.5) is 0 Å². The van der Waals surface area contributed by atoms with E-state index in [9.17, 15) is 9.59 Å². The third-order valence-corrected chi connectivity index (χ3v) is 4.29. The maximum Gasteiger partial charge on any atom is 0.344 e. The van der Waals surface area contributed by atoms with E-state index in [-0.39, 0.29) is 13.2 Å². The molecule has 2 aromatic carbocycles. The third kappa shape index (κ3) is 7.19. The minimum Gasteiger partial charge on any atom is -0.493 e. The van der Waals surface area contributed by atoms with E-state index in [0.717, 1.165) is 11.1 Å². The average Bonchev–Trinajstić information content (AvgIpc) is 2.72. The highest BCUT2D eigenvalue weighted by Gasteiger charge is 2.10. The van der Waals surface area contributed by atoms with Crippen molar-refractivity contribution >= 4 is 23.5 Å². The molecule has 29 heavy (non-hydrogen) atoms. The molecule has 1 amide bonds. The standard InChI is InChI=1S/C21H24ClNO6/c1-14-4-6-16(22)18(10-14)28-13-21(25)29-12-20(24)23-9-8-15-5-7-17(26-2)19(11-15)27-3/h4-7,10-11H,8-9,12-13H2,1-3H3,(H,23,24).